The maximum atomic E-state index is 11.3. The van der Waals surface area contributed by atoms with Crippen LogP contribution in [0.3, 0.4) is 0 Å². The number of aliphatic hydroxyl groups is 1. The van der Waals surface area contributed by atoms with Gasteiger partial charge in [0.1, 0.15) is 6.61 Å². The average molecular weight is 214 g/mol. The highest BCUT2D eigenvalue weighted by molar-refractivity contribution is 5.91. The average Bonchev–Trinajstić information content (AvgIpc) is 2.30. The minimum Gasteiger partial charge on any atom is -0.460 e. The first-order valence-corrected chi connectivity index (χ1v) is 4.49. The van der Waals surface area contributed by atoms with Gasteiger partial charge in [-0.15, -0.1) is 0 Å². The highest BCUT2D eigenvalue weighted by Crippen LogP contribution is 2.39. The Hall–Kier alpha value is -1.36. The fraction of sp³-hybridized carbons (Fsp3) is 0.600. The predicted octanol–water partition coefficient (Wildman–Crippen LogP) is 0.377. The molecule has 1 heterocycles. The van der Waals surface area contributed by atoms with E-state index in [0.29, 0.717) is 0 Å². The normalized spacial score (nSPS) is 28.4. The zero-order valence-corrected chi connectivity index (χ0v) is 8.99. The second kappa shape index (κ2) is 3.34. The Morgan fingerprint density at radius 2 is 2.13 bits per heavy atom. The number of carbonyl (C=O) groups excluding carboxylic acids is 2. The van der Waals surface area contributed by atoms with Crippen LogP contribution in [-0.4, -0.2) is 29.4 Å². The Morgan fingerprint density at radius 1 is 1.60 bits per heavy atom. The summed E-state index contributed by atoms with van der Waals surface area (Å²) >= 11 is 0. The van der Waals surface area contributed by atoms with Gasteiger partial charge in [-0.3, -0.25) is 0 Å². The van der Waals surface area contributed by atoms with Gasteiger partial charge >= 0.3 is 17.7 Å². The highest BCUT2D eigenvalue weighted by Gasteiger charge is 2.60. The van der Waals surface area contributed by atoms with Crippen LogP contribution in [-0.2, 0) is 19.1 Å². The maximum Gasteiger partial charge on any atom is 0.380 e. The third-order valence-electron chi connectivity index (χ3n) is 2.35. The molecular formula is C10H14O5. The number of carbonyl (C=O) groups is 2. The molecule has 0 spiro atoms. The molecule has 1 saturated heterocycles. The van der Waals surface area contributed by atoms with Gasteiger partial charge in [-0.25, -0.2) is 9.59 Å². The molecule has 1 fully saturated rings. The largest absolute Gasteiger partial charge is 0.460 e. The van der Waals surface area contributed by atoms with Gasteiger partial charge in [0.05, 0.1) is 5.41 Å². The van der Waals surface area contributed by atoms with Gasteiger partial charge in [0, 0.05) is 5.57 Å². The molecule has 0 aliphatic carbocycles. The van der Waals surface area contributed by atoms with Crippen LogP contribution < -0.4 is 0 Å². The number of esters is 2. The smallest absolute Gasteiger partial charge is 0.380 e. The Balaban J connectivity index is 2.94. The molecule has 15 heavy (non-hydrogen) atoms. The lowest BCUT2D eigenvalue weighted by Gasteiger charge is -2.30. The van der Waals surface area contributed by atoms with Gasteiger partial charge in [-0.1, -0.05) is 6.58 Å². The zero-order valence-electron chi connectivity index (χ0n) is 8.99. The van der Waals surface area contributed by atoms with E-state index in [4.69, 9.17) is 4.74 Å². The van der Waals surface area contributed by atoms with Crippen LogP contribution in [0.15, 0.2) is 12.2 Å². The fourth-order valence-corrected chi connectivity index (χ4v) is 1.12. The molecule has 0 radical (unpaired) electrons. The van der Waals surface area contributed by atoms with Crippen LogP contribution in [0.5, 0.6) is 0 Å². The standard InChI is InChI=1S/C10H14O5/c1-6(2)7(11)15-10(13)8(12)14-5-9(10,3)4/h13H,1,5H2,2-4H3. The fourth-order valence-electron chi connectivity index (χ4n) is 1.12. The van der Waals surface area contributed by atoms with Crippen molar-refractivity contribution in [2.75, 3.05) is 6.61 Å². The van der Waals surface area contributed by atoms with Gasteiger partial charge in [0.15, 0.2) is 0 Å². The lowest BCUT2D eigenvalue weighted by Crippen LogP contribution is -2.50. The minimum atomic E-state index is -2.22. The topological polar surface area (TPSA) is 72.8 Å². The minimum absolute atomic E-state index is 0.00576. The van der Waals surface area contributed by atoms with Crippen molar-refractivity contribution in [3.63, 3.8) is 0 Å². The molecule has 0 saturated carbocycles. The number of rotatable bonds is 2. The van der Waals surface area contributed by atoms with Crippen LogP contribution in [0.4, 0.5) is 0 Å². The van der Waals surface area contributed by atoms with Gasteiger partial charge < -0.3 is 14.6 Å². The van der Waals surface area contributed by atoms with Crippen molar-refractivity contribution >= 4 is 11.9 Å². The van der Waals surface area contributed by atoms with Crippen molar-refractivity contribution in [3.05, 3.63) is 12.2 Å². The summed E-state index contributed by atoms with van der Waals surface area (Å²) in [6, 6.07) is 0. The van der Waals surface area contributed by atoms with Gasteiger partial charge in [0.2, 0.25) is 0 Å². The molecule has 5 nitrogen and oxygen atoms in total. The van der Waals surface area contributed by atoms with Crippen LogP contribution in [0.2, 0.25) is 0 Å². The number of ether oxygens (including phenoxy) is 2. The van der Waals surface area contributed by atoms with Crippen LogP contribution in [0.25, 0.3) is 0 Å². The van der Waals surface area contributed by atoms with Crippen LogP contribution in [0.1, 0.15) is 20.8 Å². The van der Waals surface area contributed by atoms with Crippen molar-refractivity contribution < 1.29 is 24.2 Å². The second-order valence-electron chi connectivity index (χ2n) is 4.27. The Morgan fingerprint density at radius 3 is 2.47 bits per heavy atom. The summed E-state index contributed by atoms with van der Waals surface area (Å²) in [4.78, 5) is 22.5. The molecule has 1 N–H and O–H groups in total. The maximum absolute atomic E-state index is 11.3. The van der Waals surface area contributed by atoms with E-state index in [1.165, 1.54) is 6.92 Å². The monoisotopic (exact) mass is 214 g/mol. The van der Waals surface area contributed by atoms with E-state index < -0.39 is 23.1 Å². The third kappa shape index (κ3) is 1.74. The van der Waals surface area contributed by atoms with Crippen LogP contribution >= 0.6 is 0 Å². The summed E-state index contributed by atoms with van der Waals surface area (Å²) in [5, 5.41) is 9.95. The first kappa shape index (κ1) is 11.7. The molecule has 84 valence electrons. The quantitative estimate of drug-likeness (QED) is 0.408. The first-order valence-electron chi connectivity index (χ1n) is 4.49. The molecule has 0 aromatic rings. The van der Waals surface area contributed by atoms with E-state index in [1.807, 2.05) is 0 Å². The van der Waals surface area contributed by atoms with E-state index in [-0.39, 0.29) is 12.2 Å². The summed E-state index contributed by atoms with van der Waals surface area (Å²) in [6.45, 7) is 7.94. The number of hydrogen-bond donors (Lipinski definition) is 1. The highest BCUT2D eigenvalue weighted by atomic mass is 16.7. The van der Waals surface area contributed by atoms with E-state index in [2.05, 4.69) is 11.3 Å². The molecule has 0 bridgehead atoms. The van der Waals surface area contributed by atoms with Gasteiger partial charge in [-0.2, -0.15) is 0 Å². The van der Waals surface area contributed by atoms with Crippen LogP contribution in [0, 0.1) is 5.41 Å². The lowest BCUT2D eigenvalue weighted by atomic mass is 9.86. The summed E-state index contributed by atoms with van der Waals surface area (Å²) in [5.74, 6) is -3.98. The Kier molecular flexibility index (Phi) is 2.61. The molecule has 1 aliphatic heterocycles. The molecule has 1 atom stereocenters. The summed E-state index contributed by atoms with van der Waals surface area (Å²) in [5.41, 5.74) is -0.853. The zero-order chi connectivity index (χ0) is 11.9. The molecule has 0 aromatic carbocycles. The number of hydrogen-bond acceptors (Lipinski definition) is 5. The van der Waals surface area contributed by atoms with E-state index in [1.54, 1.807) is 13.8 Å². The van der Waals surface area contributed by atoms with E-state index in [9.17, 15) is 14.7 Å². The SMILES string of the molecule is C=C(C)C(=O)OC1(O)C(=O)OCC1(C)C. The lowest BCUT2D eigenvalue weighted by molar-refractivity contribution is -0.232. The second-order valence-corrected chi connectivity index (χ2v) is 4.27. The van der Waals surface area contributed by atoms with E-state index >= 15 is 0 Å². The third-order valence-corrected chi connectivity index (χ3v) is 2.35. The van der Waals surface area contributed by atoms with Gasteiger partial charge in [-0.05, 0) is 20.8 Å². The summed E-state index contributed by atoms with van der Waals surface area (Å²) < 4.78 is 9.40. The van der Waals surface area contributed by atoms with Crippen molar-refractivity contribution in [2.24, 2.45) is 5.41 Å². The Bertz CT molecular complexity index is 331. The molecule has 1 rings (SSSR count). The molecule has 5 heteroatoms. The first-order chi connectivity index (χ1) is 6.71. The van der Waals surface area contributed by atoms with Crippen molar-refractivity contribution in [3.8, 4) is 0 Å². The molecule has 1 unspecified atom stereocenters. The number of cyclic esters (lactones) is 1. The van der Waals surface area contributed by atoms with Gasteiger partial charge in [0.25, 0.3) is 0 Å². The van der Waals surface area contributed by atoms with Crippen molar-refractivity contribution in [1.82, 2.24) is 0 Å². The molecule has 0 aromatic heterocycles. The Labute approximate surface area is 87.7 Å². The molecular weight excluding hydrogens is 200 g/mol. The predicted molar refractivity (Wildman–Crippen MR) is 50.6 cm³/mol. The molecule has 0 amide bonds. The van der Waals surface area contributed by atoms with Crippen molar-refractivity contribution in [1.29, 1.82) is 0 Å². The van der Waals surface area contributed by atoms with E-state index in [0.717, 1.165) is 0 Å². The summed E-state index contributed by atoms with van der Waals surface area (Å²) in [6.07, 6.45) is 0. The molecule has 1 aliphatic rings. The summed E-state index contributed by atoms with van der Waals surface area (Å²) in [7, 11) is 0. The van der Waals surface area contributed by atoms with Crippen molar-refractivity contribution in [2.45, 2.75) is 26.6 Å².